The van der Waals surface area contributed by atoms with E-state index in [0.29, 0.717) is 44.5 Å². The van der Waals surface area contributed by atoms with E-state index in [9.17, 15) is 26.0 Å². The number of benzene rings is 2. The smallest absolute Gasteiger partial charge is 0.378 e. The van der Waals surface area contributed by atoms with E-state index in [2.05, 4.69) is 24.9 Å². The van der Waals surface area contributed by atoms with Crippen LogP contribution >= 0.6 is 0 Å². The quantitative estimate of drug-likeness (QED) is 0.328. The Labute approximate surface area is 233 Å². The van der Waals surface area contributed by atoms with Crippen LogP contribution in [0.25, 0.3) is 0 Å². The molecule has 0 amide bonds. The van der Waals surface area contributed by atoms with E-state index < -0.39 is 56.1 Å². The molecule has 3 atom stereocenters. The molecule has 3 aromatic rings. The maximum Gasteiger partial charge on any atom is 0.416 e. The lowest BCUT2D eigenvalue weighted by Gasteiger charge is -2.42. The van der Waals surface area contributed by atoms with Crippen molar-refractivity contribution >= 4 is 21.5 Å². The molecule has 2 fully saturated rings. The summed E-state index contributed by atoms with van der Waals surface area (Å²) in [6.07, 6.45) is 0.547. The van der Waals surface area contributed by atoms with E-state index in [0.717, 1.165) is 37.4 Å². The zero-order chi connectivity index (χ0) is 29.4. The summed E-state index contributed by atoms with van der Waals surface area (Å²) in [4.78, 5) is 8.61. The molecule has 2 aliphatic rings. The minimum atomic E-state index is -4.61. The van der Waals surface area contributed by atoms with Crippen molar-refractivity contribution in [1.29, 1.82) is 0 Å². The third-order valence-electron chi connectivity index (χ3n) is 7.66. The summed E-state index contributed by atoms with van der Waals surface area (Å²) in [5.74, 6) is -3.52. The lowest BCUT2D eigenvalue weighted by molar-refractivity contribution is -0.137. The molecule has 2 N–H and O–H groups in total. The highest BCUT2D eigenvalue weighted by Gasteiger charge is 2.39. The van der Waals surface area contributed by atoms with Crippen molar-refractivity contribution in [2.45, 2.75) is 61.2 Å². The molecule has 41 heavy (non-hydrogen) atoms. The summed E-state index contributed by atoms with van der Waals surface area (Å²) < 4.78 is 112. The van der Waals surface area contributed by atoms with Crippen molar-refractivity contribution in [2.75, 3.05) is 23.1 Å². The van der Waals surface area contributed by atoms with Gasteiger partial charge in [-0.2, -0.15) is 13.2 Å². The molecule has 0 bridgehead atoms. The van der Waals surface area contributed by atoms with Gasteiger partial charge in [0.1, 0.15) is 34.5 Å². The van der Waals surface area contributed by atoms with Gasteiger partial charge in [-0.3, -0.25) is 9.62 Å². The maximum atomic E-state index is 15.2. The lowest BCUT2D eigenvalue weighted by Crippen LogP contribution is -2.49. The Morgan fingerprint density at radius 2 is 1.68 bits per heavy atom. The number of halogens is 6. The zero-order valence-corrected chi connectivity index (χ0v) is 22.5. The number of alkyl halides is 3. The fourth-order valence-corrected chi connectivity index (χ4v) is 6.78. The first-order chi connectivity index (χ1) is 19.4. The van der Waals surface area contributed by atoms with E-state index >= 15 is 8.78 Å². The minimum Gasteiger partial charge on any atom is -0.378 e. The van der Waals surface area contributed by atoms with E-state index in [4.69, 9.17) is 0 Å². The first-order valence-corrected chi connectivity index (χ1v) is 14.6. The van der Waals surface area contributed by atoms with Crippen molar-refractivity contribution in [3.63, 3.8) is 0 Å². The molecule has 2 heterocycles. The summed E-state index contributed by atoms with van der Waals surface area (Å²) in [6, 6.07) is 4.28. The van der Waals surface area contributed by atoms with Crippen molar-refractivity contribution in [3.8, 4) is 0 Å². The van der Waals surface area contributed by atoms with Crippen LogP contribution in [0.5, 0.6) is 0 Å². The van der Waals surface area contributed by atoms with Gasteiger partial charge in [-0.15, -0.1) is 0 Å². The van der Waals surface area contributed by atoms with Crippen LogP contribution in [0.15, 0.2) is 53.8 Å². The molecule has 1 saturated carbocycles. The van der Waals surface area contributed by atoms with Gasteiger partial charge in [0.2, 0.25) is 0 Å². The number of aromatic nitrogens is 2. The summed E-state index contributed by atoms with van der Waals surface area (Å²) in [6.45, 7) is 1.42. The zero-order valence-electron chi connectivity index (χ0n) is 21.6. The number of rotatable bonds is 7. The Kier molecular flexibility index (Phi) is 8.15. The molecule has 1 saturated heterocycles. The Hall–Kier alpha value is -3.39. The molecule has 7 nitrogen and oxygen atoms in total. The van der Waals surface area contributed by atoms with Crippen molar-refractivity contribution < 1.29 is 34.8 Å². The first kappa shape index (κ1) is 29.1. The normalized spacial score (nSPS) is 22.0. The Morgan fingerprint density at radius 3 is 2.37 bits per heavy atom. The molecule has 14 heteroatoms. The van der Waals surface area contributed by atoms with Crippen LogP contribution < -0.4 is 10.0 Å². The fourth-order valence-electron chi connectivity index (χ4n) is 5.70. The number of anilines is 2. The van der Waals surface area contributed by atoms with Gasteiger partial charge in [0.15, 0.2) is 0 Å². The SMILES string of the molecule is O=S(=O)(Nc1ccncn1)c1cc(F)c(N[C@H]2CC[C@H](c3cc(C(F)(F)F)ccc3F)C[C@@H]2N2CCCC2)cc1F. The lowest BCUT2D eigenvalue weighted by atomic mass is 9.77. The Balaban J connectivity index is 1.38. The summed E-state index contributed by atoms with van der Waals surface area (Å²) in [5, 5.41) is 3.00. The van der Waals surface area contributed by atoms with Crippen LogP contribution in [0, 0.1) is 17.5 Å². The number of nitrogens with one attached hydrogen (secondary N) is 2. The standard InChI is InChI=1S/C27H27F6N5O2S/c28-19-5-4-17(27(31,32)33)12-18(19)16-3-6-22(24(11-16)38-9-1-2-10-38)36-23-13-21(30)25(14-20(23)29)41(39,40)37-26-7-8-34-15-35-26/h4-5,7-8,12-16,22,24,36H,1-3,6,9-11H2,(H,34,35,37)/t16-,22-,24-/m0/s1. The van der Waals surface area contributed by atoms with E-state index in [-0.39, 0.29) is 23.1 Å². The van der Waals surface area contributed by atoms with Crippen molar-refractivity contribution in [2.24, 2.45) is 0 Å². The van der Waals surface area contributed by atoms with Gasteiger partial charge in [0.05, 0.1) is 11.3 Å². The molecular weight excluding hydrogens is 572 g/mol. The van der Waals surface area contributed by atoms with Crippen LogP contribution in [-0.2, 0) is 16.2 Å². The van der Waals surface area contributed by atoms with Crippen LogP contribution in [0.4, 0.5) is 37.8 Å². The highest BCUT2D eigenvalue weighted by molar-refractivity contribution is 7.92. The molecule has 1 aliphatic carbocycles. The molecule has 0 radical (unpaired) electrons. The topological polar surface area (TPSA) is 87.2 Å². The molecular formula is C27H27F6N5O2S. The van der Waals surface area contributed by atoms with E-state index in [1.54, 1.807) is 0 Å². The summed E-state index contributed by atoms with van der Waals surface area (Å²) in [5.41, 5.74) is -1.18. The second-order valence-corrected chi connectivity index (χ2v) is 11.9. The predicted octanol–water partition coefficient (Wildman–Crippen LogP) is 5.93. The second kappa shape index (κ2) is 11.5. The van der Waals surface area contributed by atoms with Gasteiger partial charge in [-0.1, -0.05) is 0 Å². The fraction of sp³-hybridized carbons (Fsp3) is 0.407. The molecule has 0 unspecified atom stereocenters. The van der Waals surface area contributed by atoms with Gasteiger partial charge in [0, 0.05) is 24.3 Å². The second-order valence-electron chi connectivity index (χ2n) is 10.3. The molecule has 5 rings (SSSR count). The molecule has 220 valence electrons. The van der Waals surface area contributed by atoms with E-state index in [1.807, 2.05) is 0 Å². The first-order valence-electron chi connectivity index (χ1n) is 13.1. The summed E-state index contributed by atoms with van der Waals surface area (Å²) in [7, 11) is -4.50. The average molecular weight is 600 g/mol. The van der Waals surface area contributed by atoms with Crippen LogP contribution in [0.3, 0.4) is 0 Å². The maximum absolute atomic E-state index is 15.2. The minimum absolute atomic E-state index is 0.00885. The van der Waals surface area contributed by atoms with Crippen LogP contribution in [-0.4, -0.2) is 48.5 Å². The van der Waals surface area contributed by atoms with Gasteiger partial charge >= 0.3 is 6.18 Å². The molecule has 2 aromatic carbocycles. The average Bonchev–Trinajstić information content (AvgIpc) is 3.46. The number of hydrogen-bond donors (Lipinski definition) is 2. The Morgan fingerprint density at radius 1 is 0.927 bits per heavy atom. The van der Waals surface area contributed by atoms with Crippen LogP contribution in [0.1, 0.15) is 49.1 Å². The number of hydrogen-bond acceptors (Lipinski definition) is 6. The third-order valence-corrected chi connectivity index (χ3v) is 9.03. The number of sulfonamides is 1. The monoisotopic (exact) mass is 599 g/mol. The van der Waals surface area contributed by atoms with Gasteiger partial charge in [-0.05, 0) is 87.0 Å². The van der Waals surface area contributed by atoms with Gasteiger partial charge in [0.25, 0.3) is 10.0 Å². The van der Waals surface area contributed by atoms with E-state index in [1.165, 1.54) is 12.3 Å². The highest BCUT2D eigenvalue weighted by atomic mass is 32.2. The largest absolute Gasteiger partial charge is 0.416 e. The van der Waals surface area contributed by atoms with Gasteiger partial charge < -0.3 is 5.32 Å². The molecule has 0 spiro atoms. The van der Waals surface area contributed by atoms with Crippen LogP contribution in [0.2, 0.25) is 0 Å². The molecule has 1 aromatic heterocycles. The Bertz CT molecular complexity index is 1500. The predicted molar refractivity (Wildman–Crippen MR) is 139 cm³/mol. The van der Waals surface area contributed by atoms with Gasteiger partial charge in [-0.25, -0.2) is 31.6 Å². The summed E-state index contributed by atoms with van der Waals surface area (Å²) >= 11 is 0. The number of nitrogens with zero attached hydrogens (tertiary/aromatic N) is 3. The highest BCUT2D eigenvalue weighted by Crippen LogP contribution is 2.41. The van der Waals surface area contributed by atoms with Crippen molar-refractivity contribution in [3.05, 3.63) is 77.5 Å². The third kappa shape index (κ3) is 6.43. The van der Waals surface area contributed by atoms with Crippen molar-refractivity contribution in [1.82, 2.24) is 14.9 Å². The molecule has 1 aliphatic heterocycles. The number of likely N-dealkylation sites (tertiary alicyclic amines) is 1.